The van der Waals surface area contributed by atoms with Crippen molar-refractivity contribution in [3.63, 3.8) is 0 Å². The lowest BCUT2D eigenvalue weighted by molar-refractivity contribution is -0.0334. The van der Waals surface area contributed by atoms with Crippen LogP contribution < -0.4 is 9.47 Å². The molecule has 178 valence electrons. The quantitative estimate of drug-likeness (QED) is 0.578. The van der Waals surface area contributed by atoms with Crippen molar-refractivity contribution in [1.82, 2.24) is 14.7 Å². The maximum Gasteiger partial charge on any atom is 0.254 e. The molecule has 0 bridgehead atoms. The first kappa shape index (κ1) is 24.5. The second-order valence-corrected chi connectivity index (χ2v) is 8.26. The number of likely N-dealkylation sites (N-methyl/N-ethyl adjacent to an activating group) is 1. The SMILES string of the molecule is COc1ccc(C(=O)N2CCOC(CN(CCN(C)C)C(=O)c3ccc(OC)cc3)C2)cc1. The molecule has 1 atom stereocenters. The Morgan fingerprint density at radius 3 is 2.06 bits per heavy atom. The van der Waals surface area contributed by atoms with E-state index in [1.54, 1.807) is 72.6 Å². The number of benzene rings is 2. The lowest BCUT2D eigenvalue weighted by Gasteiger charge is -2.36. The third-order valence-electron chi connectivity index (χ3n) is 5.63. The fraction of sp³-hybridized carbons (Fsp3) is 0.440. The number of nitrogens with zero attached hydrogens (tertiary/aromatic N) is 3. The molecule has 8 nitrogen and oxygen atoms in total. The summed E-state index contributed by atoms with van der Waals surface area (Å²) >= 11 is 0. The molecule has 2 amide bonds. The fourth-order valence-electron chi connectivity index (χ4n) is 3.69. The lowest BCUT2D eigenvalue weighted by atomic mass is 10.1. The van der Waals surface area contributed by atoms with Crippen molar-refractivity contribution in [3.8, 4) is 11.5 Å². The predicted molar refractivity (Wildman–Crippen MR) is 126 cm³/mol. The molecule has 1 aliphatic heterocycles. The van der Waals surface area contributed by atoms with E-state index in [-0.39, 0.29) is 17.9 Å². The Bertz CT molecular complexity index is 915. The normalized spacial score (nSPS) is 15.9. The summed E-state index contributed by atoms with van der Waals surface area (Å²) < 4.78 is 16.3. The number of carbonyl (C=O) groups is 2. The van der Waals surface area contributed by atoms with Crippen molar-refractivity contribution in [1.29, 1.82) is 0 Å². The van der Waals surface area contributed by atoms with Gasteiger partial charge in [0.05, 0.1) is 26.9 Å². The molecule has 1 saturated heterocycles. The van der Waals surface area contributed by atoms with Crippen LogP contribution in [0.3, 0.4) is 0 Å². The highest BCUT2D eigenvalue weighted by molar-refractivity contribution is 5.95. The molecule has 0 aliphatic carbocycles. The fourth-order valence-corrected chi connectivity index (χ4v) is 3.69. The first-order chi connectivity index (χ1) is 15.9. The van der Waals surface area contributed by atoms with Gasteiger partial charge in [-0.05, 0) is 62.6 Å². The number of morpholine rings is 1. The van der Waals surface area contributed by atoms with E-state index >= 15 is 0 Å². The first-order valence-electron chi connectivity index (χ1n) is 11.0. The van der Waals surface area contributed by atoms with Crippen LogP contribution in [-0.2, 0) is 4.74 Å². The maximum absolute atomic E-state index is 13.2. The third-order valence-corrected chi connectivity index (χ3v) is 5.63. The van der Waals surface area contributed by atoms with E-state index in [0.29, 0.717) is 55.4 Å². The Hall–Kier alpha value is -3.10. The van der Waals surface area contributed by atoms with Gasteiger partial charge in [-0.15, -0.1) is 0 Å². The van der Waals surface area contributed by atoms with Gasteiger partial charge in [-0.1, -0.05) is 0 Å². The Balaban J connectivity index is 1.68. The Morgan fingerprint density at radius 2 is 1.52 bits per heavy atom. The number of amides is 2. The van der Waals surface area contributed by atoms with Crippen molar-refractivity contribution in [2.45, 2.75) is 6.10 Å². The summed E-state index contributed by atoms with van der Waals surface area (Å²) in [6, 6.07) is 14.2. The summed E-state index contributed by atoms with van der Waals surface area (Å²) in [7, 11) is 7.14. The van der Waals surface area contributed by atoms with Crippen LogP contribution >= 0.6 is 0 Å². The van der Waals surface area contributed by atoms with E-state index in [9.17, 15) is 9.59 Å². The molecule has 0 N–H and O–H groups in total. The molecular formula is C25H33N3O5. The number of ether oxygens (including phenoxy) is 3. The van der Waals surface area contributed by atoms with Gasteiger partial charge in [0.2, 0.25) is 0 Å². The van der Waals surface area contributed by atoms with Crippen molar-refractivity contribution in [3.05, 3.63) is 59.7 Å². The van der Waals surface area contributed by atoms with Crippen LogP contribution in [0.1, 0.15) is 20.7 Å². The van der Waals surface area contributed by atoms with Crippen LogP contribution in [0.25, 0.3) is 0 Å². The summed E-state index contributed by atoms with van der Waals surface area (Å²) in [5, 5.41) is 0. The van der Waals surface area contributed by atoms with Gasteiger partial charge >= 0.3 is 0 Å². The predicted octanol–water partition coefficient (Wildman–Crippen LogP) is 2.25. The number of rotatable bonds is 9. The maximum atomic E-state index is 13.2. The molecule has 1 heterocycles. The Morgan fingerprint density at radius 1 is 0.939 bits per heavy atom. The van der Waals surface area contributed by atoms with E-state index in [1.807, 2.05) is 19.0 Å². The van der Waals surface area contributed by atoms with Gasteiger partial charge in [0, 0.05) is 43.9 Å². The van der Waals surface area contributed by atoms with E-state index < -0.39 is 0 Å². The monoisotopic (exact) mass is 455 g/mol. The molecule has 1 aliphatic rings. The molecule has 0 aromatic heterocycles. The second-order valence-electron chi connectivity index (χ2n) is 8.26. The number of methoxy groups -OCH3 is 2. The van der Waals surface area contributed by atoms with Gasteiger partial charge in [0.25, 0.3) is 11.8 Å². The van der Waals surface area contributed by atoms with E-state index in [0.717, 1.165) is 6.54 Å². The highest BCUT2D eigenvalue weighted by atomic mass is 16.5. The molecule has 1 unspecified atom stereocenters. The summed E-state index contributed by atoms with van der Waals surface area (Å²) in [5.41, 5.74) is 1.20. The molecule has 3 rings (SSSR count). The number of hydrogen-bond donors (Lipinski definition) is 0. The minimum atomic E-state index is -0.259. The van der Waals surface area contributed by atoms with E-state index in [2.05, 4.69) is 0 Å². The van der Waals surface area contributed by atoms with Crippen LogP contribution in [-0.4, -0.2) is 100 Å². The van der Waals surface area contributed by atoms with Crippen LogP contribution in [0.15, 0.2) is 48.5 Å². The largest absolute Gasteiger partial charge is 0.497 e. The van der Waals surface area contributed by atoms with E-state index in [4.69, 9.17) is 14.2 Å². The summed E-state index contributed by atoms with van der Waals surface area (Å²) in [6.45, 7) is 3.08. The Labute approximate surface area is 195 Å². The molecule has 2 aromatic rings. The van der Waals surface area contributed by atoms with Crippen molar-refractivity contribution in [2.75, 3.05) is 67.6 Å². The molecule has 0 radical (unpaired) electrons. The average molecular weight is 456 g/mol. The zero-order valence-corrected chi connectivity index (χ0v) is 19.8. The molecule has 8 heteroatoms. The first-order valence-corrected chi connectivity index (χ1v) is 11.0. The van der Waals surface area contributed by atoms with Crippen LogP contribution in [0.2, 0.25) is 0 Å². The Kier molecular flexibility index (Phi) is 8.68. The summed E-state index contributed by atoms with van der Waals surface area (Å²) in [5.74, 6) is 1.30. The van der Waals surface area contributed by atoms with Crippen molar-refractivity contribution in [2.24, 2.45) is 0 Å². The van der Waals surface area contributed by atoms with E-state index in [1.165, 1.54) is 0 Å². The van der Waals surface area contributed by atoms with Gasteiger partial charge in [-0.2, -0.15) is 0 Å². The minimum absolute atomic E-state index is 0.0488. The topological polar surface area (TPSA) is 71.5 Å². The average Bonchev–Trinajstić information content (AvgIpc) is 2.85. The number of hydrogen-bond acceptors (Lipinski definition) is 6. The lowest BCUT2D eigenvalue weighted by Crippen LogP contribution is -2.51. The molecule has 33 heavy (non-hydrogen) atoms. The standard InChI is InChI=1S/C25H33N3O5/c1-26(2)13-14-27(24(29)19-5-9-21(31-3)10-6-19)17-23-18-28(15-16-33-23)25(30)20-7-11-22(32-4)12-8-20/h5-12,23H,13-18H2,1-4H3. The molecule has 2 aromatic carbocycles. The summed E-state index contributed by atoms with van der Waals surface area (Å²) in [4.78, 5) is 31.9. The zero-order chi connectivity index (χ0) is 23.8. The molecule has 0 saturated carbocycles. The van der Waals surface area contributed by atoms with Gasteiger partial charge in [-0.3, -0.25) is 9.59 Å². The molecular weight excluding hydrogens is 422 g/mol. The van der Waals surface area contributed by atoms with Gasteiger partial charge in [0.15, 0.2) is 0 Å². The molecule has 1 fully saturated rings. The smallest absolute Gasteiger partial charge is 0.254 e. The zero-order valence-electron chi connectivity index (χ0n) is 19.8. The van der Waals surface area contributed by atoms with Crippen LogP contribution in [0.5, 0.6) is 11.5 Å². The van der Waals surface area contributed by atoms with Gasteiger partial charge in [-0.25, -0.2) is 0 Å². The van der Waals surface area contributed by atoms with Crippen LogP contribution in [0, 0.1) is 0 Å². The third kappa shape index (κ3) is 6.69. The summed E-state index contributed by atoms with van der Waals surface area (Å²) in [6.07, 6.45) is -0.259. The number of carbonyl (C=O) groups excluding carboxylic acids is 2. The molecule has 0 spiro atoms. The van der Waals surface area contributed by atoms with Crippen LogP contribution in [0.4, 0.5) is 0 Å². The van der Waals surface area contributed by atoms with Gasteiger partial charge in [0.1, 0.15) is 11.5 Å². The minimum Gasteiger partial charge on any atom is -0.497 e. The van der Waals surface area contributed by atoms with Gasteiger partial charge < -0.3 is 28.9 Å². The second kappa shape index (κ2) is 11.7. The van der Waals surface area contributed by atoms with Crippen molar-refractivity contribution >= 4 is 11.8 Å². The van der Waals surface area contributed by atoms with Crippen molar-refractivity contribution < 1.29 is 23.8 Å². The highest BCUT2D eigenvalue weighted by Crippen LogP contribution is 2.17. The highest BCUT2D eigenvalue weighted by Gasteiger charge is 2.28.